The minimum Gasteiger partial charge on any atom is -0.488 e. The zero-order valence-electron chi connectivity index (χ0n) is 15.4. The van der Waals surface area contributed by atoms with Gasteiger partial charge < -0.3 is 15.0 Å². The van der Waals surface area contributed by atoms with Crippen molar-refractivity contribution in [3.05, 3.63) is 61.0 Å². The van der Waals surface area contributed by atoms with Crippen molar-refractivity contribution in [2.45, 2.75) is 46.8 Å². The number of H-pyrrole nitrogens is 1. The van der Waals surface area contributed by atoms with Crippen molar-refractivity contribution >= 4 is 21.8 Å². The fraction of sp³-hybridized carbons (Fsp3) is 0.400. The highest BCUT2D eigenvalue weighted by Gasteiger charge is 2.28. The molecule has 0 fully saturated rings. The van der Waals surface area contributed by atoms with E-state index in [1.165, 1.54) is 0 Å². The van der Waals surface area contributed by atoms with Gasteiger partial charge in [-0.25, -0.2) is 0 Å². The maximum absolute atomic E-state index is 12.6. The molecule has 2 heterocycles. The number of rotatable bonds is 4. The van der Waals surface area contributed by atoms with E-state index in [1.807, 2.05) is 26.0 Å². The van der Waals surface area contributed by atoms with Crippen molar-refractivity contribution in [1.29, 1.82) is 0 Å². The summed E-state index contributed by atoms with van der Waals surface area (Å²) in [5.41, 5.74) is 3.69. The lowest BCUT2D eigenvalue weighted by Gasteiger charge is -2.14. The Morgan fingerprint density at radius 1 is 1.35 bits per heavy atom. The van der Waals surface area contributed by atoms with Crippen LogP contribution in [0.4, 0.5) is 0 Å². The van der Waals surface area contributed by atoms with E-state index in [4.69, 9.17) is 4.74 Å². The maximum Gasteiger partial charge on any atom is 0.253 e. The van der Waals surface area contributed by atoms with Crippen LogP contribution in [0.2, 0.25) is 0 Å². The first-order valence-electron chi connectivity index (χ1n) is 8.73. The highest BCUT2D eigenvalue weighted by Crippen LogP contribution is 2.38. The zero-order valence-corrected chi connectivity index (χ0v) is 17.0. The van der Waals surface area contributed by atoms with E-state index < -0.39 is 0 Å². The first-order chi connectivity index (χ1) is 12.3. The van der Waals surface area contributed by atoms with E-state index in [1.54, 1.807) is 6.07 Å². The summed E-state index contributed by atoms with van der Waals surface area (Å²) in [5, 5.41) is 2.85. The first kappa shape index (κ1) is 18.7. The number of aromatic nitrogens is 1. The highest BCUT2D eigenvalue weighted by atomic mass is 79.9. The van der Waals surface area contributed by atoms with Gasteiger partial charge in [0.05, 0.1) is 4.47 Å². The second-order valence-electron chi connectivity index (χ2n) is 7.18. The average molecular weight is 419 g/mol. The summed E-state index contributed by atoms with van der Waals surface area (Å²) in [7, 11) is 0. The molecule has 6 heteroatoms. The highest BCUT2D eigenvalue weighted by molar-refractivity contribution is 9.10. The van der Waals surface area contributed by atoms with E-state index in [0.29, 0.717) is 17.0 Å². The Kier molecular flexibility index (Phi) is 5.23. The molecular weight excluding hydrogens is 396 g/mol. The van der Waals surface area contributed by atoms with Gasteiger partial charge in [-0.15, -0.1) is 0 Å². The number of aryl methyl sites for hydroxylation is 2. The van der Waals surface area contributed by atoms with Gasteiger partial charge in [0.1, 0.15) is 11.9 Å². The summed E-state index contributed by atoms with van der Waals surface area (Å²) >= 11 is 3.51. The Labute approximate surface area is 161 Å². The maximum atomic E-state index is 12.6. The molecule has 1 amide bonds. The third-order valence-electron chi connectivity index (χ3n) is 4.74. The first-order valence-corrected chi connectivity index (χ1v) is 9.52. The van der Waals surface area contributed by atoms with E-state index in [0.717, 1.165) is 33.5 Å². The molecule has 2 aromatic rings. The molecule has 1 aliphatic heterocycles. The normalized spacial score (nSPS) is 15.7. The lowest BCUT2D eigenvalue weighted by Crippen LogP contribution is -2.28. The summed E-state index contributed by atoms with van der Waals surface area (Å²) < 4.78 is 6.77. The van der Waals surface area contributed by atoms with E-state index >= 15 is 0 Å². The van der Waals surface area contributed by atoms with Crippen molar-refractivity contribution in [3.8, 4) is 5.75 Å². The minimum absolute atomic E-state index is 0.133. The van der Waals surface area contributed by atoms with Crippen molar-refractivity contribution in [2.75, 3.05) is 0 Å². The third kappa shape index (κ3) is 3.70. The van der Waals surface area contributed by atoms with Gasteiger partial charge in [-0.1, -0.05) is 13.8 Å². The van der Waals surface area contributed by atoms with Gasteiger partial charge in [0, 0.05) is 29.8 Å². The van der Waals surface area contributed by atoms with Crippen LogP contribution in [0.3, 0.4) is 0 Å². The van der Waals surface area contributed by atoms with Gasteiger partial charge >= 0.3 is 0 Å². The number of benzene rings is 1. The van der Waals surface area contributed by atoms with Crippen LogP contribution in [-0.4, -0.2) is 17.0 Å². The number of hydrogen-bond acceptors (Lipinski definition) is 3. The number of pyridine rings is 1. The van der Waals surface area contributed by atoms with Crippen LogP contribution in [0.15, 0.2) is 27.5 Å². The molecule has 1 aromatic carbocycles. The standard InChI is InChI=1S/C20H23BrN2O3/c1-10(2)17-8-13-6-14(7-16(21)18(13)26-17)19(24)22-9-15-11(3)5-12(4)23-20(15)25/h5-7,10,17H,8-9H2,1-4H3,(H,22,24)(H,23,25). The Hall–Kier alpha value is -2.08. The molecule has 26 heavy (non-hydrogen) atoms. The average Bonchev–Trinajstić information content (AvgIpc) is 2.98. The number of carbonyl (C=O) groups excluding carboxylic acids is 1. The second kappa shape index (κ2) is 7.27. The molecule has 0 saturated heterocycles. The van der Waals surface area contributed by atoms with Crippen LogP contribution in [0.25, 0.3) is 0 Å². The number of nitrogens with one attached hydrogen (secondary N) is 2. The summed E-state index contributed by atoms with van der Waals surface area (Å²) in [6, 6.07) is 5.55. The van der Waals surface area contributed by atoms with E-state index in [-0.39, 0.29) is 24.1 Å². The van der Waals surface area contributed by atoms with Crippen molar-refractivity contribution in [2.24, 2.45) is 5.92 Å². The topological polar surface area (TPSA) is 71.2 Å². The van der Waals surface area contributed by atoms with Crippen molar-refractivity contribution in [3.63, 3.8) is 0 Å². The summed E-state index contributed by atoms with van der Waals surface area (Å²) in [6.07, 6.45) is 0.928. The molecule has 0 bridgehead atoms. The van der Waals surface area contributed by atoms with Gasteiger partial charge in [0.2, 0.25) is 0 Å². The van der Waals surface area contributed by atoms with Crippen LogP contribution in [0.5, 0.6) is 5.75 Å². The fourth-order valence-electron chi connectivity index (χ4n) is 3.22. The Morgan fingerprint density at radius 2 is 2.08 bits per heavy atom. The Balaban J connectivity index is 1.77. The number of halogens is 1. The molecule has 0 aliphatic carbocycles. The molecule has 5 nitrogen and oxygen atoms in total. The molecule has 0 spiro atoms. The molecule has 0 saturated carbocycles. The molecular formula is C20H23BrN2O3. The monoisotopic (exact) mass is 418 g/mol. The van der Waals surface area contributed by atoms with Crippen LogP contribution >= 0.6 is 15.9 Å². The molecule has 1 aromatic heterocycles. The molecule has 138 valence electrons. The largest absolute Gasteiger partial charge is 0.488 e. The smallest absolute Gasteiger partial charge is 0.253 e. The molecule has 1 unspecified atom stereocenters. The number of carbonyl (C=O) groups is 1. The third-order valence-corrected chi connectivity index (χ3v) is 5.33. The van der Waals surface area contributed by atoms with Crippen LogP contribution in [0.1, 0.15) is 46.6 Å². The fourth-order valence-corrected chi connectivity index (χ4v) is 3.81. The predicted octanol–water partition coefficient (Wildman–Crippen LogP) is 3.64. The predicted molar refractivity (Wildman–Crippen MR) is 105 cm³/mol. The second-order valence-corrected chi connectivity index (χ2v) is 8.03. The lowest BCUT2D eigenvalue weighted by atomic mass is 10.0. The SMILES string of the molecule is Cc1cc(C)c(CNC(=O)c2cc(Br)c3c(c2)CC(C(C)C)O3)c(=O)[nH]1. The Bertz CT molecular complexity index is 918. The molecule has 1 atom stereocenters. The van der Waals surface area contributed by atoms with Crippen LogP contribution in [-0.2, 0) is 13.0 Å². The molecule has 2 N–H and O–H groups in total. The van der Waals surface area contributed by atoms with Gasteiger partial charge in [-0.2, -0.15) is 0 Å². The van der Waals surface area contributed by atoms with E-state index in [2.05, 4.69) is 40.1 Å². The summed E-state index contributed by atoms with van der Waals surface area (Å²) in [6.45, 7) is 8.16. The van der Waals surface area contributed by atoms with Crippen molar-refractivity contribution < 1.29 is 9.53 Å². The minimum atomic E-state index is -0.208. The van der Waals surface area contributed by atoms with Crippen LogP contribution in [0, 0.1) is 19.8 Å². The quantitative estimate of drug-likeness (QED) is 0.795. The zero-order chi connectivity index (χ0) is 19.0. The van der Waals surface area contributed by atoms with Gasteiger partial charge in [0.15, 0.2) is 0 Å². The number of amides is 1. The number of fused-ring (bicyclic) bond motifs is 1. The molecule has 0 radical (unpaired) electrons. The lowest BCUT2D eigenvalue weighted by molar-refractivity contribution is 0.0950. The van der Waals surface area contributed by atoms with E-state index in [9.17, 15) is 9.59 Å². The number of hydrogen-bond donors (Lipinski definition) is 2. The van der Waals surface area contributed by atoms with Crippen LogP contribution < -0.4 is 15.6 Å². The van der Waals surface area contributed by atoms with Gasteiger partial charge in [0.25, 0.3) is 11.5 Å². The molecule has 1 aliphatic rings. The molecule has 3 rings (SSSR count). The van der Waals surface area contributed by atoms with Gasteiger partial charge in [-0.3, -0.25) is 9.59 Å². The van der Waals surface area contributed by atoms with Gasteiger partial charge in [-0.05, 0) is 65.0 Å². The summed E-state index contributed by atoms with van der Waals surface area (Å²) in [5.74, 6) is 1.02. The Morgan fingerprint density at radius 3 is 2.73 bits per heavy atom. The number of aromatic amines is 1. The number of ether oxygens (including phenoxy) is 1. The summed E-state index contributed by atoms with van der Waals surface area (Å²) in [4.78, 5) is 27.4. The van der Waals surface area contributed by atoms with Crippen molar-refractivity contribution in [1.82, 2.24) is 10.3 Å².